The van der Waals surface area contributed by atoms with Gasteiger partial charge in [-0.1, -0.05) is 12.1 Å². The van der Waals surface area contributed by atoms with Gasteiger partial charge in [0, 0.05) is 25.0 Å². The minimum absolute atomic E-state index is 0.0447. The number of halogens is 1. The molecule has 0 aromatic heterocycles. The number of nitrogens with two attached hydrogens (primary N) is 1. The first-order chi connectivity index (χ1) is 7.58. The average Bonchev–Trinajstić information content (AvgIpc) is 2.62. The van der Waals surface area contributed by atoms with Crippen LogP contribution in [0.25, 0.3) is 0 Å². The molecule has 1 amide bonds. The van der Waals surface area contributed by atoms with E-state index in [0.29, 0.717) is 13.1 Å². The van der Waals surface area contributed by atoms with Crippen LogP contribution in [0.4, 0.5) is 9.18 Å². The molecule has 2 atom stereocenters. The zero-order valence-corrected chi connectivity index (χ0v) is 8.64. The normalized spacial score (nSPS) is 24.8. The second kappa shape index (κ2) is 4.09. The Morgan fingerprint density at radius 1 is 1.38 bits per heavy atom. The molecule has 2 unspecified atom stereocenters. The van der Waals surface area contributed by atoms with E-state index in [9.17, 15) is 9.18 Å². The molecule has 16 heavy (non-hydrogen) atoms. The zero-order chi connectivity index (χ0) is 11.7. The van der Waals surface area contributed by atoms with Gasteiger partial charge in [0.1, 0.15) is 5.82 Å². The number of nitrogens with zero attached hydrogens (tertiary/aromatic N) is 1. The first kappa shape index (κ1) is 10.9. The molecule has 1 aliphatic rings. The highest BCUT2D eigenvalue weighted by atomic mass is 19.1. The van der Waals surface area contributed by atoms with Crippen molar-refractivity contribution in [2.45, 2.75) is 12.0 Å². The summed E-state index contributed by atoms with van der Waals surface area (Å²) in [5, 5.41) is 8.85. The predicted molar refractivity (Wildman–Crippen MR) is 56.7 cm³/mol. The highest BCUT2D eigenvalue weighted by Crippen LogP contribution is 2.26. The Labute approximate surface area is 92.5 Å². The predicted octanol–water partition coefficient (Wildman–Crippen LogP) is 1.23. The Bertz CT molecular complexity index is 393. The van der Waals surface area contributed by atoms with Crippen LogP contribution < -0.4 is 5.73 Å². The van der Waals surface area contributed by atoms with Gasteiger partial charge >= 0.3 is 6.09 Å². The summed E-state index contributed by atoms with van der Waals surface area (Å²) in [7, 11) is 0. The quantitative estimate of drug-likeness (QED) is 0.754. The van der Waals surface area contributed by atoms with Crippen LogP contribution in [0.2, 0.25) is 0 Å². The first-order valence-corrected chi connectivity index (χ1v) is 5.07. The van der Waals surface area contributed by atoms with Crippen LogP contribution >= 0.6 is 0 Å². The molecule has 2 rings (SSSR count). The van der Waals surface area contributed by atoms with Crippen molar-refractivity contribution in [3.63, 3.8) is 0 Å². The number of benzene rings is 1. The molecule has 0 spiro atoms. The van der Waals surface area contributed by atoms with Crippen LogP contribution in [0.15, 0.2) is 24.3 Å². The number of carbonyl (C=O) groups is 1. The fourth-order valence-electron chi connectivity index (χ4n) is 2.05. The lowest BCUT2D eigenvalue weighted by atomic mass is 9.95. The Morgan fingerprint density at radius 3 is 2.50 bits per heavy atom. The van der Waals surface area contributed by atoms with E-state index in [-0.39, 0.29) is 17.8 Å². The summed E-state index contributed by atoms with van der Waals surface area (Å²) >= 11 is 0. The maximum absolute atomic E-state index is 12.7. The highest BCUT2D eigenvalue weighted by Gasteiger charge is 2.33. The van der Waals surface area contributed by atoms with Crippen molar-refractivity contribution in [3.8, 4) is 0 Å². The van der Waals surface area contributed by atoms with Gasteiger partial charge in [0.25, 0.3) is 0 Å². The molecule has 0 aliphatic carbocycles. The third kappa shape index (κ3) is 1.99. The van der Waals surface area contributed by atoms with Crippen LogP contribution in [0.5, 0.6) is 0 Å². The van der Waals surface area contributed by atoms with Gasteiger partial charge in [0.2, 0.25) is 0 Å². The van der Waals surface area contributed by atoms with Gasteiger partial charge in [-0.15, -0.1) is 0 Å². The van der Waals surface area contributed by atoms with Crippen LogP contribution in [-0.4, -0.2) is 35.2 Å². The molecule has 1 aromatic rings. The van der Waals surface area contributed by atoms with E-state index in [4.69, 9.17) is 10.8 Å². The highest BCUT2D eigenvalue weighted by molar-refractivity contribution is 5.65. The minimum atomic E-state index is -0.958. The Morgan fingerprint density at radius 2 is 2.00 bits per heavy atom. The summed E-state index contributed by atoms with van der Waals surface area (Å²) in [5.41, 5.74) is 6.77. The molecule has 1 saturated heterocycles. The van der Waals surface area contributed by atoms with Gasteiger partial charge in [0.05, 0.1) is 0 Å². The van der Waals surface area contributed by atoms with E-state index in [1.807, 2.05) is 0 Å². The molecule has 1 fully saturated rings. The number of likely N-dealkylation sites (tertiary alicyclic amines) is 1. The van der Waals surface area contributed by atoms with Crippen LogP contribution in [0.1, 0.15) is 11.5 Å². The van der Waals surface area contributed by atoms with Gasteiger partial charge in [0.15, 0.2) is 0 Å². The van der Waals surface area contributed by atoms with Gasteiger partial charge in [-0.25, -0.2) is 9.18 Å². The second-order valence-electron chi connectivity index (χ2n) is 4.01. The zero-order valence-electron chi connectivity index (χ0n) is 8.64. The Hall–Kier alpha value is -1.62. The summed E-state index contributed by atoms with van der Waals surface area (Å²) in [5.74, 6) is -0.345. The molecular formula is C11H13FN2O2. The molecule has 4 nitrogen and oxygen atoms in total. The molecular weight excluding hydrogens is 211 g/mol. The monoisotopic (exact) mass is 224 g/mol. The lowest BCUT2D eigenvalue weighted by molar-refractivity contribution is 0.154. The number of hydrogen-bond donors (Lipinski definition) is 2. The number of carboxylic acid groups (broad SMARTS) is 1. The third-order valence-corrected chi connectivity index (χ3v) is 2.93. The van der Waals surface area contributed by atoms with E-state index in [1.54, 1.807) is 12.1 Å². The van der Waals surface area contributed by atoms with Crippen molar-refractivity contribution in [2.75, 3.05) is 13.1 Å². The van der Waals surface area contributed by atoms with Crippen LogP contribution in [0, 0.1) is 5.82 Å². The van der Waals surface area contributed by atoms with Crippen molar-refractivity contribution in [1.82, 2.24) is 4.90 Å². The van der Waals surface area contributed by atoms with Crippen molar-refractivity contribution in [2.24, 2.45) is 5.73 Å². The number of rotatable bonds is 1. The molecule has 1 aromatic carbocycles. The van der Waals surface area contributed by atoms with Crippen LogP contribution in [-0.2, 0) is 0 Å². The molecule has 1 heterocycles. The maximum atomic E-state index is 12.7. The second-order valence-corrected chi connectivity index (χ2v) is 4.01. The molecule has 0 bridgehead atoms. The molecule has 1 aliphatic heterocycles. The molecule has 3 N–H and O–H groups in total. The molecule has 86 valence electrons. The Kier molecular flexibility index (Phi) is 2.78. The summed E-state index contributed by atoms with van der Waals surface area (Å²) in [6.07, 6.45) is -0.958. The molecule has 0 radical (unpaired) electrons. The van der Waals surface area contributed by atoms with Gasteiger partial charge in [-0.05, 0) is 17.7 Å². The standard InChI is InChI=1S/C11H13FN2O2/c12-8-3-1-7(2-4-8)9-5-14(11(15)16)6-10(9)13/h1-4,9-10H,5-6,13H2,(H,15,16). The van der Waals surface area contributed by atoms with Crippen molar-refractivity contribution < 1.29 is 14.3 Å². The van der Waals surface area contributed by atoms with Gasteiger partial charge in [-0.3, -0.25) is 0 Å². The lowest BCUT2D eigenvalue weighted by Gasteiger charge is -2.14. The lowest BCUT2D eigenvalue weighted by Crippen LogP contribution is -2.31. The van der Waals surface area contributed by atoms with Crippen molar-refractivity contribution >= 4 is 6.09 Å². The van der Waals surface area contributed by atoms with Crippen LogP contribution in [0.3, 0.4) is 0 Å². The van der Waals surface area contributed by atoms with Crippen molar-refractivity contribution in [1.29, 1.82) is 0 Å². The smallest absolute Gasteiger partial charge is 0.407 e. The number of hydrogen-bond acceptors (Lipinski definition) is 2. The summed E-state index contributed by atoms with van der Waals surface area (Å²) in [4.78, 5) is 12.1. The number of amides is 1. The van der Waals surface area contributed by atoms with E-state index >= 15 is 0 Å². The first-order valence-electron chi connectivity index (χ1n) is 5.07. The largest absolute Gasteiger partial charge is 0.465 e. The maximum Gasteiger partial charge on any atom is 0.407 e. The van der Waals surface area contributed by atoms with Gasteiger partial charge in [-0.2, -0.15) is 0 Å². The average molecular weight is 224 g/mol. The fourth-order valence-corrected chi connectivity index (χ4v) is 2.05. The molecule has 5 heteroatoms. The SMILES string of the molecule is NC1CN(C(=O)O)CC1c1ccc(F)cc1. The van der Waals surface area contributed by atoms with Gasteiger partial charge < -0.3 is 15.7 Å². The van der Waals surface area contributed by atoms with E-state index in [1.165, 1.54) is 17.0 Å². The van der Waals surface area contributed by atoms with Crippen molar-refractivity contribution in [3.05, 3.63) is 35.6 Å². The van der Waals surface area contributed by atoms with E-state index in [0.717, 1.165) is 5.56 Å². The minimum Gasteiger partial charge on any atom is -0.465 e. The summed E-state index contributed by atoms with van der Waals surface area (Å²) in [6.45, 7) is 0.708. The topological polar surface area (TPSA) is 66.6 Å². The third-order valence-electron chi connectivity index (χ3n) is 2.93. The van der Waals surface area contributed by atoms with E-state index < -0.39 is 6.09 Å². The van der Waals surface area contributed by atoms with E-state index in [2.05, 4.69) is 0 Å². The summed E-state index contributed by atoms with van der Waals surface area (Å²) in [6, 6.07) is 5.83. The fraction of sp³-hybridized carbons (Fsp3) is 0.364. The summed E-state index contributed by atoms with van der Waals surface area (Å²) < 4.78 is 12.7. The molecule has 0 saturated carbocycles. The Balaban J connectivity index is 2.16.